The minimum absolute atomic E-state index is 0.205. The molecule has 0 aliphatic carbocycles. The van der Waals surface area contributed by atoms with Crippen molar-refractivity contribution in [3.63, 3.8) is 0 Å². The zero-order valence-electron chi connectivity index (χ0n) is 18.7. The van der Waals surface area contributed by atoms with Gasteiger partial charge >= 0.3 is 0 Å². The molecule has 0 spiro atoms. The summed E-state index contributed by atoms with van der Waals surface area (Å²) in [5.74, 6) is 0.816. The maximum Gasteiger partial charge on any atom is 0.208 e. The van der Waals surface area contributed by atoms with E-state index in [1.807, 2.05) is 19.9 Å². The molecule has 0 amide bonds. The Hall–Kier alpha value is -3.81. The van der Waals surface area contributed by atoms with Crippen LogP contribution in [0.2, 0.25) is 0 Å². The number of rotatable bonds is 5. The van der Waals surface area contributed by atoms with E-state index < -0.39 is 11.0 Å². The number of hydrogen-bond donors (Lipinski definition) is 2. The maximum absolute atomic E-state index is 14.5. The molecule has 1 unspecified atom stereocenters. The lowest BCUT2D eigenvalue weighted by Gasteiger charge is -2.13. The van der Waals surface area contributed by atoms with Gasteiger partial charge in [0.15, 0.2) is 11.3 Å². The van der Waals surface area contributed by atoms with Gasteiger partial charge in [-0.1, -0.05) is 26.0 Å². The molecule has 10 heteroatoms. The summed E-state index contributed by atoms with van der Waals surface area (Å²) in [6.45, 7) is 4.74. The molecule has 1 atom stereocenters. The Kier molecular flexibility index (Phi) is 6.86. The number of nitriles is 1. The van der Waals surface area contributed by atoms with E-state index in [0.717, 1.165) is 11.1 Å². The number of hydrogen-bond acceptors (Lipinski definition) is 6. The highest BCUT2D eigenvalue weighted by molar-refractivity contribution is 7.82. The van der Waals surface area contributed by atoms with E-state index in [2.05, 4.69) is 15.3 Å². The van der Waals surface area contributed by atoms with Crippen LogP contribution >= 0.6 is 0 Å². The first-order chi connectivity index (χ1) is 16.5. The van der Waals surface area contributed by atoms with Crippen LogP contribution in [-0.4, -0.2) is 25.2 Å². The van der Waals surface area contributed by atoms with Crippen LogP contribution in [0.5, 0.6) is 5.75 Å². The molecule has 0 saturated heterocycles. The molecular formula is C24H23FN6O2S. The Bertz CT molecular complexity index is 1410. The zero-order chi connectivity index (χ0) is 24.2. The van der Waals surface area contributed by atoms with E-state index in [1.54, 1.807) is 47.1 Å². The van der Waals surface area contributed by atoms with Gasteiger partial charge in [-0.15, -0.1) is 0 Å². The molecule has 8 nitrogen and oxygen atoms in total. The lowest BCUT2D eigenvalue weighted by Crippen LogP contribution is -2.09. The topological polar surface area (TPSA) is 118 Å². The van der Waals surface area contributed by atoms with E-state index in [0.29, 0.717) is 46.4 Å². The second kappa shape index (κ2) is 9.99. The van der Waals surface area contributed by atoms with Gasteiger partial charge in [0.05, 0.1) is 17.7 Å². The quantitative estimate of drug-likeness (QED) is 0.448. The maximum atomic E-state index is 14.5. The number of anilines is 1. The molecule has 1 aliphatic heterocycles. The third kappa shape index (κ3) is 4.35. The average Bonchev–Trinajstić information content (AvgIpc) is 3.52. The number of ether oxygens (including phenoxy) is 1. The summed E-state index contributed by atoms with van der Waals surface area (Å²) in [5, 5.41) is 18.0. The Morgan fingerprint density at radius 1 is 1.26 bits per heavy atom. The van der Waals surface area contributed by atoms with E-state index in [9.17, 15) is 13.9 Å². The number of halogens is 1. The Morgan fingerprint density at radius 2 is 2.03 bits per heavy atom. The SMILES string of the molecule is CC.N#Cc1cn2c(NCc3c(F)ccc4c3CCO4)ncc(-c3ccc(S(N)=O)cc3)c2n1. The summed E-state index contributed by atoms with van der Waals surface area (Å²) in [6.07, 6.45) is 3.86. The number of aromatic nitrogens is 3. The number of imidazole rings is 1. The monoisotopic (exact) mass is 478 g/mol. The van der Waals surface area contributed by atoms with Gasteiger partial charge in [-0.25, -0.2) is 23.7 Å². The summed E-state index contributed by atoms with van der Waals surface area (Å²) in [6, 6.07) is 12.0. The lowest BCUT2D eigenvalue weighted by atomic mass is 10.0. The first-order valence-corrected chi connectivity index (χ1v) is 12.0. The van der Waals surface area contributed by atoms with Gasteiger partial charge in [0.1, 0.15) is 28.6 Å². The summed E-state index contributed by atoms with van der Waals surface area (Å²) >= 11 is 0. The molecule has 0 radical (unpaired) electrons. The minimum Gasteiger partial charge on any atom is -0.493 e. The average molecular weight is 479 g/mol. The van der Waals surface area contributed by atoms with Crippen LogP contribution in [0.25, 0.3) is 16.8 Å². The fourth-order valence-electron chi connectivity index (χ4n) is 3.81. The van der Waals surface area contributed by atoms with E-state index in [1.165, 1.54) is 6.07 Å². The fraction of sp³-hybridized carbons (Fsp3) is 0.208. The number of nitrogens with two attached hydrogens (primary N) is 1. The van der Waals surface area contributed by atoms with Crippen molar-refractivity contribution in [3.05, 3.63) is 71.4 Å². The van der Waals surface area contributed by atoms with Crippen molar-refractivity contribution < 1.29 is 13.3 Å². The van der Waals surface area contributed by atoms with Crippen LogP contribution in [0.1, 0.15) is 30.7 Å². The van der Waals surface area contributed by atoms with Gasteiger partial charge < -0.3 is 10.1 Å². The van der Waals surface area contributed by atoms with Crippen LogP contribution in [-0.2, 0) is 24.0 Å². The van der Waals surface area contributed by atoms with E-state index in [-0.39, 0.29) is 18.1 Å². The van der Waals surface area contributed by atoms with Gasteiger partial charge in [0.2, 0.25) is 5.95 Å². The normalized spacial score (nSPS) is 12.8. The lowest BCUT2D eigenvalue weighted by molar-refractivity contribution is 0.356. The number of nitrogens with one attached hydrogen (secondary N) is 1. The Balaban J connectivity index is 0.00000133. The summed E-state index contributed by atoms with van der Waals surface area (Å²) < 4.78 is 33.1. The van der Waals surface area contributed by atoms with Crippen molar-refractivity contribution >= 4 is 22.6 Å². The molecule has 0 saturated carbocycles. The molecule has 3 heterocycles. The fourth-order valence-corrected chi connectivity index (χ4v) is 4.21. The molecule has 1 aliphatic rings. The van der Waals surface area contributed by atoms with Crippen molar-refractivity contribution in [3.8, 4) is 22.9 Å². The highest BCUT2D eigenvalue weighted by Crippen LogP contribution is 2.31. The summed E-state index contributed by atoms with van der Waals surface area (Å²) in [7, 11) is -1.57. The summed E-state index contributed by atoms with van der Waals surface area (Å²) in [5.41, 5.74) is 3.59. The Morgan fingerprint density at radius 3 is 2.74 bits per heavy atom. The third-order valence-corrected chi connectivity index (χ3v) is 6.10. The molecule has 174 valence electrons. The molecular weight excluding hydrogens is 455 g/mol. The highest BCUT2D eigenvalue weighted by Gasteiger charge is 2.20. The second-order valence-electron chi connectivity index (χ2n) is 7.20. The van der Waals surface area contributed by atoms with Crippen LogP contribution in [0.3, 0.4) is 0 Å². The molecule has 3 N–H and O–H groups in total. The highest BCUT2D eigenvalue weighted by atomic mass is 32.2. The van der Waals surface area contributed by atoms with Crippen molar-refractivity contribution in [2.75, 3.05) is 11.9 Å². The standard InChI is InChI=1S/C22H17FN6O2S.C2H6/c23-19-5-6-20-16(7-8-31-20)18(19)11-27-22-26-10-17(21-28-14(9-24)12-29(21)22)13-1-3-15(4-2-13)32(25)30;1-2/h1-6,10,12H,7-8,11,25H2,(H,26,27);1-2H3. The summed E-state index contributed by atoms with van der Waals surface area (Å²) in [4.78, 5) is 9.39. The number of nitrogens with zero attached hydrogens (tertiary/aromatic N) is 4. The molecule has 4 aromatic rings. The predicted octanol–water partition coefficient (Wildman–Crippen LogP) is 3.96. The van der Waals surface area contributed by atoms with Crippen LogP contribution in [0.15, 0.2) is 53.7 Å². The van der Waals surface area contributed by atoms with Gasteiger partial charge in [-0.3, -0.25) is 4.40 Å². The predicted molar refractivity (Wildman–Crippen MR) is 128 cm³/mol. The molecule has 2 aromatic heterocycles. The first kappa shape index (κ1) is 23.4. The molecule has 0 bridgehead atoms. The molecule has 2 aromatic carbocycles. The van der Waals surface area contributed by atoms with Crippen molar-refractivity contribution in [1.82, 2.24) is 14.4 Å². The van der Waals surface area contributed by atoms with E-state index >= 15 is 0 Å². The second-order valence-corrected chi connectivity index (χ2v) is 8.27. The van der Waals surface area contributed by atoms with Gasteiger partial charge in [-0.05, 0) is 29.8 Å². The third-order valence-electron chi connectivity index (χ3n) is 5.37. The molecule has 0 fully saturated rings. The van der Waals surface area contributed by atoms with Gasteiger partial charge in [0.25, 0.3) is 0 Å². The largest absolute Gasteiger partial charge is 0.493 e. The van der Waals surface area contributed by atoms with E-state index in [4.69, 9.17) is 9.88 Å². The van der Waals surface area contributed by atoms with Crippen molar-refractivity contribution in [1.29, 1.82) is 5.26 Å². The molecule has 34 heavy (non-hydrogen) atoms. The smallest absolute Gasteiger partial charge is 0.208 e. The Labute approximate surface area is 198 Å². The van der Waals surface area contributed by atoms with Crippen LogP contribution in [0.4, 0.5) is 10.3 Å². The minimum atomic E-state index is -1.57. The molecule has 5 rings (SSSR count). The number of benzene rings is 2. The van der Waals surface area contributed by atoms with Crippen molar-refractivity contribution in [2.24, 2.45) is 5.14 Å². The first-order valence-electron chi connectivity index (χ1n) is 10.8. The van der Waals surface area contributed by atoms with Crippen LogP contribution in [0, 0.1) is 17.1 Å². The van der Waals surface area contributed by atoms with Crippen LogP contribution < -0.4 is 15.2 Å². The zero-order valence-corrected chi connectivity index (χ0v) is 19.5. The van der Waals surface area contributed by atoms with Crippen molar-refractivity contribution in [2.45, 2.75) is 31.7 Å². The van der Waals surface area contributed by atoms with Gasteiger partial charge in [-0.2, -0.15) is 5.26 Å². The van der Waals surface area contributed by atoms with Gasteiger partial charge in [0, 0.05) is 35.9 Å². The number of fused-ring (bicyclic) bond motifs is 2.